The summed E-state index contributed by atoms with van der Waals surface area (Å²) < 4.78 is 30.1. The largest absolute Gasteiger partial charge is 0.493 e. The van der Waals surface area contributed by atoms with Crippen LogP contribution in [-0.2, 0) is 20.9 Å². The van der Waals surface area contributed by atoms with Crippen molar-refractivity contribution in [2.75, 3.05) is 44.8 Å². The van der Waals surface area contributed by atoms with Gasteiger partial charge in [0.05, 0.1) is 29.6 Å². The first-order chi connectivity index (χ1) is 21.9. The topological polar surface area (TPSA) is 74.2 Å². The summed E-state index contributed by atoms with van der Waals surface area (Å²) in [5.74, 6) is 2.43. The van der Waals surface area contributed by atoms with Gasteiger partial charge in [0.25, 0.3) is 0 Å². The van der Waals surface area contributed by atoms with Crippen LogP contribution in [0.15, 0.2) is 71.7 Å². The lowest BCUT2D eigenvalue weighted by Gasteiger charge is -2.51. The highest BCUT2D eigenvalue weighted by Gasteiger charge is 2.59. The minimum absolute atomic E-state index is 0.125. The number of amidine groups is 1. The van der Waals surface area contributed by atoms with Crippen LogP contribution in [0.3, 0.4) is 0 Å². The summed E-state index contributed by atoms with van der Waals surface area (Å²) in [5, 5.41) is 5.18. The van der Waals surface area contributed by atoms with E-state index >= 15 is 0 Å². The molecular formula is C36H44Cl2N4O3S. The summed E-state index contributed by atoms with van der Waals surface area (Å²) in [5.41, 5.74) is 3.02. The van der Waals surface area contributed by atoms with Crippen molar-refractivity contribution in [3.8, 4) is 5.75 Å². The molecule has 1 aliphatic carbocycles. The Labute approximate surface area is 283 Å². The number of piperazine rings is 1. The first-order valence-electron chi connectivity index (χ1n) is 16.2. The quantitative estimate of drug-likeness (QED) is 0.239. The average Bonchev–Trinajstić information content (AvgIpc) is 3.84. The summed E-state index contributed by atoms with van der Waals surface area (Å²) in [7, 11) is -3.03. The second-order valence-corrected chi connectivity index (χ2v) is 16.3. The second kappa shape index (κ2) is 13.1. The highest BCUT2D eigenvalue weighted by atomic mass is 35.5. The Morgan fingerprint density at radius 2 is 1.63 bits per heavy atom. The van der Waals surface area contributed by atoms with E-state index in [0.717, 1.165) is 41.4 Å². The van der Waals surface area contributed by atoms with Gasteiger partial charge < -0.3 is 9.64 Å². The molecule has 3 aromatic carbocycles. The minimum Gasteiger partial charge on any atom is -0.493 e. The third-order valence-electron chi connectivity index (χ3n) is 9.93. The summed E-state index contributed by atoms with van der Waals surface area (Å²) in [6.45, 7) is 10.1. The van der Waals surface area contributed by atoms with Crippen LogP contribution in [0.2, 0.25) is 10.0 Å². The van der Waals surface area contributed by atoms with Crippen molar-refractivity contribution in [2.45, 2.75) is 63.2 Å². The maximum atomic E-state index is 11.9. The van der Waals surface area contributed by atoms with E-state index in [1.165, 1.54) is 24.7 Å². The molecule has 0 radical (unpaired) electrons. The molecule has 3 aliphatic rings. The van der Waals surface area contributed by atoms with Crippen molar-refractivity contribution >= 4 is 38.9 Å². The molecule has 10 heteroatoms. The molecule has 46 heavy (non-hydrogen) atoms. The van der Waals surface area contributed by atoms with E-state index in [-0.39, 0.29) is 11.9 Å². The van der Waals surface area contributed by atoms with Crippen molar-refractivity contribution in [1.82, 2.24) is 15.1 Å². The predicted octanol–water partition coefficient (Wildman–Crippen LogP) is 6.83. The van der Waals surface area contributed by atoms with Gasteiger partial charge in [0.15, 0.2) is 0 Å². The highest BCUT2D eigenvalue weighted by molar-refractivity contribution is 7.90. The Morgan fingerprint density at radius 3 is 2.24 bits per heavy atom. The van der Waals surface area contributed by atoms with E-state index in [4.69, 9.17) is 32.9 Å². The number of halogens is 2. The number of hydrogen-bond acceptors (Lipinski definition) is 7. The van der Waals surface area contributed by atoms with Gasteiger partial charge in [0.1, 0.15) is 27.0 Å². The standard InChI is InChI=1S/C36H44Cl2N4O3S/c1-5-45-32-18-9-26(25-7-8-25)23-31(32)34-40-35(2,27-10-14-29(37)15-11-27)36(3,28-12-16-30(38)17-13-28)42(34)33-24-41(21-19-39-33)20-6-22-46(4,43)44/h9-18,23,25,33,39H,5-8,19-22,24H2,1-4H3/t33?,35-,36+/m0/s1. The molecule has 1 N–H and O–H groups in total. The van der Waals surface area contributed by atoms with Crippen LogP contribution in [0, 0.1) is 0 Å². The van der Waals surface area contributed by atoms with Gasteiger partial charge in [0.2, 0.25) is 0 Å². The Balaban J connectivity index is 1.53. The molecule has 7 nitrogen and oxygen atoms in total. The van der Waals surface area contributed by atoms with Crippen LogP contribution in [0.5, 0.6) is 5.75 Å². The fourth-order valence-corrected chi connectivity index (χ4v) is 8.08. The van der Waals surface area contributed by atoms with Gasteiger partial charge >= 0.3 is 0 Å². The Morgan fingerprint density at radius 1 is 0.978 bits per heavy atom. The van der Waals surface area contributed by atoms with Crippen molar-refractivity contribution in [3.05, 3.63) is 99.0 Å². The number of ether oxygens (including phenoxy) is 1. The lowest BCUT2D eigenvalue weighted by atomic mass is 9.70. The molecule has 0 aromatic heterocycles. The zero-order valence-corrected chi connectivity index (χ0v) is 29.4. The Bertz CT molecular complexity index is 1700. The third-order valence-corrected chi connectivity index (χ3v) is 11.5. The maximum absolute atomic E-state index is 11.9. The minimum atomic E-state index is -3.03. The molecule has 0 amide bonds. The van der Waals surface area contributed by atoms with Crippen LogP contribution in [0.25, 0.3) is 0 Å². The monoisotopic (exact) mass is 682 g/mol. The van der Waals surface area contributed by atoms with Gasteiger partial charge in [0, 0.05) is 35.9 Å². The Kier molecular flexibility index (Phi) is 9.49. The number of hydrogen-bond donors (Lipinski definition) is 1. The molecule has 1 saturated carbocycles. The van der Waals surface area contributed by atoms with E-state index in [1.54, 1.807) is 0 Å². The lowest BCUT2D eigenvalue weighted by molar-refractivity contribution is 0.0362. The lowest BCUT2D eigenvalue weighted by Crippen LogP contribution is -2.65. The molecular weight excluding hydrogens is 639 g/mol. The summed E-state index contributed by atoms with van der Waals surface area (Å²) in [6, 6.07) is 22.7. The van der Waals surface area contributed by atoms with Crippen LogP contribution >= 0.6 is 23.2 Å². The van der Waals surface area contributed by atoms with Gasteiger partial charge in [-0.05, 0) is 106 Å². The van der Waals surface area contributed by atoms with Crippen molar-refractivity contribution in [1.29, 1.82) is 0 Å². The van der Waals surface area contributed by atoms with Gasteiger partial charge in [-0.15, -0.1) is 0 Å². The zero-order valence-electron chi connectivity index (χ0n) is 27.1. The van der Waals surface area contributed by atoms with Crippen molar-refractivity contribution < 1.29 is 13.2 Å². The van der Waals surface area contributed by atoms with Crippen LogP contribution in [-0.4, -0.2) is 75.0 Å². The van der Waals surface area contributed by atoms with Crippen molar-refractivity contribution in [3.63, 3.8) is 0 Å². The maximum Gasteiger partial charge on any atom is 0.147 e. The zero-order chi connectivity index (χ0) is 32.7. The number of rotatable bonds is 11. The fraction of sp³-hybridized carbons (Fsp3) is 0.472. The number of benzene rings is 3. The fourth-order valence-electron chi connectivity index (χ4n) is 7.18. The molecule has 6 rings (SSSR count). The Hall–Kier alpha value is -2.62. The highest BCUT2D eigenvalue weighted by Crippen LogP contribution is 2.54. The SMILES string of the molecule is CCOc1ccc(C2CC2)cc1C1=N[C@@](C)(c2ccc(Cl)cc2)[C@@](C)(c2ccc(Cl)cc2)N1C1CN(CCCS(C)(=O)=O)CCN1. The van der Waals surface area contributed by atoms with E-state index in [2.05, 4.69) is 71.4 Å². The summed E-state index contributed by atoms with van der Waals surface area (Å²) in [4.78, 5) is 10.6. The molecule has 0 bridgehead atoms. The molecule has 3 atom stereocenters. The van der Waals surface area contributed by atoms with Crippen LogP contribution < -0.4 is 10.1 Å². The normalized spacial score (nSPS) is 25.5. The molecule has 2 heterocycles. The van der Waals surface area contributed by atoms with E-state index < -0.39 is 20.9 Å². The molecule has 1 unspecified atom stereocenters. The number of aliphatic imine (C=N–C) groups is 1. The van der Waals surface area contributed by atoms with Gasteiger partial charge in [-0.1, -0.05) is 53.5 Å². The van der Waals surface area contributed by atoms with Crippen LogP contribution in [0.4, 0.5) is 0 Å². The van der Waals surface area contributed by atoms with Crippen molar-refractivity contribution in [2.24, 2.45) is 4.99 Å². The summed E-state index contributed by atoms with van der Waals surface area (Å²) >= 11 is 12.9. The summed E-state index contributed by atoms with van der Waals surface area (Å²) in [6.07, 6.45) is 4.17. The number of nitrogens with zero attached hydrogens (tertiary/aromatic N) is 3. The van der Waals surface area contributed by atoms with Crippen LogP contribution in [0.1, 0.15) is 68.2 Å². The van der Waals surface area contributed by atoms with E-state index in [1.807, 2.05) is 31.2 Å². The molecule has 246 valence electrons. The first-order valence-corrected chi connectivity index (χ1v) is 19.1. The molecule has 3 aromatic rings. The van der Waals surface area contributed by atoms with Gasteiger partial charge in [-0.3, -0.25) is 15.2 Å². The third kappa shape index (κ3) is 6.56. The second-order valence-electron chi connectivity index (χ2n) is 13.2. The molecule has 2 fully saturated rings. The smallest absolute Gasteiger partial charge is 0.147 e. The van der Waals surface area contributed by atoms with Gasteiger partial charge in [-0.25, -0.2) is 8.42 Å². The molecule has 0 spiro atoms. The number of sulfone groups is 1. The van der Waals surface area contributed by atoms with E-state index in [0.29, 0.717) is 42.1 Å². The average molecular weight is 684 g/mol. The molecule has 2 aliphatic heterocycles. The van der Waals surface area contributed by atoms with E-state index in [9.17, 15) is 8.42 Å². The predicted molar refractivity (Wildman–Crippen MR) is 188 cm³/mol. The first kappa shape index (κ1) is 33.3. The molecule has 1 saturated heterocycles. The number of nitrogens with one attached hydrogen (secondary N) is 1. The van der Waals surface area contributed by atoms with Gasteiger partial charge in [-0.2, -0.15) is 0 Å².